The van der Waals surface area contributed by atoms with E-state index in [2.05, 4.69) is 22.5 Å². The molecule has 0 bridgehead atoms. The van der Waals surface area contributed by atoms with Crippen molar-refractivity contribution in [3.63, 3.8) is 0 Å². The molecule has 0 aliphatic carbocycles. The van der Waals surface area contributed by atoms with Crippen LogP contribution >= 0.6 is 15.9 Å². The molecule has 0 fully saturated rings. The number of carbonyl (C=O) groups excluding carboxylic acids is 2. The Bertz CT molecular complexity index is 1120. The lowest BCUT2D eigenvalue weighted by molar-refractivity contribution is -0.135. The van der Waals surface area contributed by atoms with E-state index in [1.54, 1.807) is 36.4 Å². The Labute approximate surface area is 171 Å². The Kier molecular flexibility index (Phi) is 4.65. The SMILES string of the molecule is C=CCN1C(=O)[C@@](O)(CC(=O)c2ccc3ccccc3c2)c2cc(Br)ccc21. The van der Waals surface area contributed by atoms with Crippen LogP contribution in [0.4, 0.5) is 5.69 Å². The summed E-state index contributed by atoms with van der Waals surface area (Å²) in [5.41, 5.74) is -0.395. The molecule has 5 heteroatoms. The van der Waals surface area contributed by atoms with Gasteiger partial charge in [0.05, 0.1) is 12.1 Å². The first-order chi connectivity index (χ1) is 13.4. The second-order valence-corrected chi connectivity index (χ2v) is 7.80. The Morgan fingerprint density at radius 2 is 1.86 bits per heavy atom. The van der Waals surface area contributed by atoms with Crippen LogP contribution in [-0.2, 0) is 10.4 Å². The standard InChI is InChI=1S/C23H18BrNO3/c1-2-11-25-20-10-9-18(24)13-19(20)23(28,22(25)27)14-21(26)17-8-7-15-5-3-4-6-16(15)12-17/h2-10,12-13,28H,1,11,14H2/t23-/m1/s1. The lowest BCUT2D eigenvalue weighted by atomic mass is 9.88. The summed E-state index contributed by atoms with van der Waals surface area (Å²) in [5, 5.41) is 13.3. The molecule has 0 saturated heterocycles. The number of fused-ring (bicyclic) bond motifs is 2. The van der Waals surface area contributed by atoms with Crippen molar-refractivity contribution in [1.82, 2.24) is 0 Å². The molecule has 28 heavy (non-hydrogen) atoms. The molecule has 0 spiro atoms. The number of anilines is 1. The monoisotopic (exact) mass is 435 g/mol. The predicted octanol–water partition coefficient (Wildman–Crippen LogP) is 4.60. The zero-order valence-electron chi connectivity index (χ0n) is 15.1. The maximum absolute atomic E-state index is 13.0. The molecule has 0 saturated carbocycles. The third kappa shape index (κ3) is 2.97. The minimum atomic E-state index is -1.90. The van der Waals surface area contributed by atoms with E-state index in [-0.39, 0.29) is 18.7 Å². The highest BCUT2D eigenvalue weighted by Crippen LogP contribution is 2.44. The molecule has 4 rings (SSSR count). The largest absolute Gasteiger partial charge is 0.375 e. The van der Waals surface area contributed by atoms with Crippen molar-refractivity contribution in [3.05, 3.63) is 88.9 Å². The molecule has 140 valence electrons. The van der Waals surface area contributed by atoms with Crippen LogP contribution in [0.25, 0.3) is 10.8 Å². The van der Waals surface area contributed by atoms with E-state index in [0.717, 1.165) is 15.2 Å². The highest BCUT2D eigenvalue weighted by atomic mass is 79.9. The van der Waals surface area contributed by atoms with Crippen LogP contribution in [-0.4, -0.2) is 23.3 Å². The van der Waals surface area contributed by atoms with Crippen LogP contribution in [0.15, 0.2) is 77.8 Å². The number of carbonyl (C=O) groups is 2. The number of benzene rings is 3. The van der Waals surface area contributed by atoms with Gasteiger partial charge in [-0.25, -0.2) is 0 Å². The van der Waals surface area contributed by atoms with Crippen LogP contribution in [0.5, 0.6) is 0 Å². The summed E-state index contributed by atoms with van der Waals surface area (Å²) in [6, 6.07) is 18.4. The maximum atomic E-state index is 13.0. The van der Waals surface area contributed by atoms with Gasteiger partial charge in [-0.3, -0.25) is 9.59 Å². The number of amides is 1. The zero-order valence-corrected chi connectivity index (χ0v) is 16.6. The first kappa shape index (κ1) is 18.6. The van der Waals surface area contributed by atoms with Crippen LogP contribution in [0.2, 0.25) is 0 Å². The summed E-state index contributed by atoms with van der Waals surface area (Å²) < 4.78 is 0.732. The Morgan fingerprint density at radius 3 is 2.61 bits per heavy atom. The first-order valence-electron chi connectivity index (χ1n) is 8.91. The summed E-state index contributed by atoms with van der Waals surface area (Å²) in [6.45, 7) is 3.95. The third-order valence-corrected chi connectivity index (χ3v) is 5.59. The average Bonchev–Trinajstić information content (AvgIpc) is 2.89. The molecule has 1 heterocycles. The fraction of sp³-hybridized carbons (Fsp3) is 0.130. The molecule has 3 aromatic rings. The fourth-order valence-electron chi connectivity index (χ4n) is 3.70. The molecule has 1 atom stereocenters. The third-order valence-electron chi connectivity index (χ3n) is 5.09. The van der Waals surface area contributed by atoms with Gasteiger partial charge in [-0.05, 0) is 35.0 Å². The van der Waals surface area contributed by atoms with Gasteiger partial charge in [-0.15, -0.1) is 6.58 Å². The smallest absolute Gasteiger partial charge is 0.264 e. The van der Waals surface area contributed by atoms with E-state index in [1.165, 1.54) is 4.90 Å². The van der Waals surface area contributed by atoms with Crippen LogP contribution in [0.1, 0.15) is 22.3 Å². The van der Waals surface area contributed by atoms with Gasteiger partial charge >= 0.3 is 0 Å². The second-order valence-electron chi connectivity index (χ2n) is 6.89. The molecule has 0 unspecified atom stereocenters. The van der Waals surface area contributed by atoms with Gasteiger partial charge in [-0.2, -0.15) is 0 Å². The molecular formula is C23H18BrNO3. The normalized spacial score (nSPS) is 18.4. The van der Waals surface area contributed by atoms with Crippen LogP contribution in [0.3, 0.4) is 0 Å². The number of halogens is 1. The molecule has 4 nitrogen and oxygen atoms in total. The maximum Gasteiger partial charge on any atom is 0.264 e. The zero-order chi connectivity index (χ0) is 19.9. The van der Waals surface area contributed by atoms with Crippen molar-refractivity contribution in [2.45, 2.75) is 12.0 Å². The van der Waals surface area contributed by atoms with Gasteiger partial charge in [0.25, 0.3) is 5.91 Å². The number of hydrogen-bond donors (Lipinski definition) is 1. The van der Waals surface area contributed by atoms with Crippen molar-refractivity contribution in [1.29, 1.82) is 0 Å². The van der Waals surface area contributed by atoms with E-state index in [0.29, 0.717) is 16.8 Å². The second kappa shape index (κ2) is 7.00. The summed E-state index contributed by atoms with van der Waals surface area (Å²) in [5.74, 6) is -0.789. The number of rotatable bonds is 5. The van der Waals surface area contributed by atoms with Crippen molar-refractivity contribution in [2.75, 3.05) is 11.4 Å². The molecule has 0 aromatic heterocycles. The first-order valence-corrected chi connectivity index (χ1v) is 9.70. The van der Waals surface area contributed by atoms with E-state index in [9.17, 15) is 14.7 Å². The highest BCUT2D eigenvalue weighted by molar-refractivity contribution is 9.10. The minimum Gasteiger partial charge on any atom is -0.375 e. The Balaban J connectivity index is 1.73. The Hall–Kier alpha value is -2.76. The van der Waals surface area contributed by atoms with Gasteiger partial charge < -0.3 is 10.0 Å². The van der Waals surface area contributed by atoms with E-state index >= 15 is 0 Å². The molecule has 1 amide bonds. The number of Topliss-reactive ketones (excluding diaryl/α,β-unsaturated/α-hetero) is 1. The van der Waals surface area contributed by atoms with Gasteiger partial charge in [0.1, 0.15) is 0 Å². The highest BCUT2D eigenvalue weighted by Gasteiger charge is 2.50. The van der Waals surface area contributed by atoms with Crippen molar-refractivity contribution < 1.29 is 14.7 Å². The molecule has 1 aliphatic heterocycles. The summed E-state index contributed by atoms with van der Waals surface area (Å²) in [4.78, 5) is 27.5. The number of ketones is 1. The van der Waals surface area contributed by atoms with E-state index < -0.39 is 11.5 Å². The molecule has 1 aliphatic rings. The average molecular weight is 436 g/mol. The van der Waals surface area contributed by atoms with Crippen molar-refractivity contribution >= 4 is 44.1 Å². The fourth-order valence-corrected chi connectivity index (χ4v) is 4.06. The van der Waals surface area contributed by atoms with E-state index in [1.807, 2.05) is 30.3 Å². The molecule has 3 aromatic carbocycles. The van der Waals surface area contributed by atoms with Gasteiger partial charge in [-0.1, -0.05) is 58.4 Å². The quantitative estimate of drug-likeness (QED) is 0.470. The van der Waals surface area contributed by atoms with Gasteiger partial charge in [0.15, 0.2) is 11.4 Å². The van der Waals surface area contributed by atoms with Gasteiger partial charge in [0, 0.05) is 22.1 Å². The topological polar surface area (TPSA) is 57.6 Å². The van der Waals surface area contributed by atoms with Crippen LogP contribution < -0.4 is 4.90 Å². The molecule has 1 N–H and O–H groups in total. The number of nitrogens with zero attached hydrogens (tertiary/aromatic N) is 1. The summed E-state index contributed by atoms with van der Waals surface area (Å²) in [7, 11) is 0. The van der Waals surface area contributed by atoms with Crippen molar-refractivity contribution in [2.24, 2.45) is 0 Å². The minimum absolute atomic E-state index is 0.264. The summed E-state index contributed by atoms with van der Waals surface area (Å²) in [6.07, 6.45) is 1.28. The Morgan fingerprint density at radius 1 is 1.11 bits per heavy atom. The number of hydrogen-bond acceptors (Lipinski definition) is 3. The van der Waals surface area contributed by atoms with Crippen LogP contribution in [0, 0.1) is 0 Å². The molecule has 0 radical (unpaired) electrons. The molecular weight excluding hydrogens is 418 g/mol. The lowest BCUT2D eigenvalue weighted by Crippen LogP contribution is -2.41. The van der Waals surface area contributed by atoms with Gasteiger partial charge in [0.2, 0.25) is 0 Å². The summed E-state index contributed by atoms with van der Waals surface area (Å²) >= 11 is 3.39. The number of aliphatic hydroxyl groups is 1. The van der Waals surface area contributed by atoms with E-state index in [4.69, 9.17) is 0 Å². The predicted molar refractivity (Wildman–Crippen MR) is 113 cm³/mol. The van der Waals surface area contributed by atoms with Crippen molar-refractivity contribution in [3.8, 4) is 0 Å². The lowest BCUT2D eigenvalue weighted by Gasteiger charge is -2.22.